The summed E-state index contributed by atoms with van der Waals surface area (Å²) in [6.45, 7) is -0.193. The molecule has 1 unspecified atom stereocenters. The van der Waals surface area contributed by atoms with Crippen molar-refractivity contribution in [2.75, 3.05) is 11.4 Å². The van der Waals surface area contributed by atoms with E-state index in [2.05, 4.69) is 5.32 Å². The highest BCUT2D eigenvalue weighted by molar-refractivity contribution is 7.80. The van der Waals surface area contributed by atoms with Crippen molar-refractivity contribution in [1.82, 2.24) is 5.32 Å². The number of nitrogens with one attached hydrogen (secondary N) is 1. The fourth-order valence-electron chi connectivity index (χ4n) is 4.56. The highest BCUT2D eigenvalue weighted by Crippen LogP contribution is 2.48. The van der Waals surface area contributed by atoms with Crippen LogP contribution in [0.5, 0.6) is 0 Å². The van der Waals surface area contributed by atoms with E-state index in [1.165, 1.54) is 49.5 Å². The van der Waals surface area contributed by atoms with Crippen LogP contribution in [0.2, 0.25) is 0 Å². The van der Waals surface area contributed by atoms with Gasteiger partial charge in [-0.1, -0.05) is 6.07 Å². The Hall–Kier alpha value is -4.60. The second kappa shape index (κ2) is 10.3. The van der Waals surface area contributed by atoms with Crippen LogP contribution in [0.25, 0.3) is 22.3 Å². The van der Waals surface area contributed by atoms with Gasteiger partial charge in [-0.3, -0.25) is 23.4 Å². The molecule has 4 aromatic rings. The average molecular weight is 548 g/mol. The van der Waals surface area contributed by atoms with Gasteiger partial charge in [-0.25, -0.2) is 4.39 Å². The minimum atomic E-state index is -2.76. The van der Waals surface area contributed by atoms with E-state index < -0.39 is 27.9 Å². The Kier molecular flexibility index (Phi) is 6.86. The number of amides is 1. The highest BCUT2D eigenvalue weighted by Gasteiger charge is 2.31. The third-order valence-corrected chi connectivity index (χ3v) is 7.25. The van der Waals surface area contributed by atoms with Crippen molar-refractivity contribution in [3.05, 3.63) is 92.8 Å². The van der Waals surface area contributed by atoms with Crippen LogP contribution in [-0.4, -0.2) is 26.6 Å². The van der Waals surface area contributed by atoms with Gasteiger partial charge in [0.15, 0.2) is 0 Å². The third-order valence-electron chi connectivity index (χ3n) is 6.57. The van der Waals surface area contributed by atoms with Crippen LogP contribution in [0.15, 0.2) is 59.0 Å². The van der Waals surface area contributed by atoms with Gasteiger partial charge in [0.25, 0.3) is 11.6 Å². The number of rotatable bonds is 8. The van der Waals surface area contributed by atoms with Crippen molar-refractivity contribution >= 4 is 39.5 Å². The van der Waals surface area contributed by atoms with Gasteiger partial charge < -0.3 is 14.3 Å². The van der Waals surface area contributed by atoms with Crippen LogP contribution in [0.1, 0.15) is 45.8 Å². The summed E-state index contributed by atoms with van der Waals surface area (Å²) < 4.78 is 45.7. The number of benzene rings is 3. The number of nitro groups is 1. The minimum Gasteiger partial charge on any atom is -0.755 e. The number of carbonyl (C=O) groups excluding carboxylic acids is 1. The van der Waals surface area contributed by atoms with Gasteiger partial charge in [-0.15, -0.1) is 0 Å². The SMILES string of the molecule is CNC(=O)c1c(-c2ccc(F)cc2)oc2cc(N(Cc3ccc([N+](=O)[O-])c(C#N)c3)S(=O)[O-])c(C3CC3)cc12. The summed E-state index contributed by atoms with van der Waals surface area (Å²) in [7, 11) is 1.48. The van der Waals surface area contributed by atoms with Crippen molar-refractivity contribution in [2.24, 2.45) is 0 Å². The standard InChI is InChI=1S/C27H21FN4O6S/c1-30-27(33)25-21-11-20(16-3-4-16)23(12-24(21)38-26(25)17-5-7-19(28)8-6-17)31(39(36)37)14-15-2-9-22(32(34)35)18(10-15)13-29/h2,5-12,16H,3-4,14H2,1H3,(H,30,33)(H,36,37)/p-1. The van der Waals surface area contributed by atoms with E-state index in [0.717, 1.165) is 17.1 Å². The largest absolute Gasteiger partial charge is 0.755 e. The first-order chi connectivity index (χ1) is 18.7. The Labute approximate surface area is 224 Å². The Morgan fingerprint density at radius 1 is 1.23 bits per heavy atom. The number of halogens is 1. The minimum absolute atomic E-state index is 0.0590. The second-order valence-corrected chi connectivity index (χ2v) is 9.92. The monoisotopic (exact) mass is 547 g/mol. The third kappa shape index (κ3) is 4.97. The molecule has 12 heteroatoms. The maximum absolute atomic E-state index is 13.6. The van der Waals surface area contributed by atoms with E-state index in [1.54, 1.807) is 18.2 Å². The van der Waals surface area contributed by atoms with E-state index in [4.69, 9.17) is 4.42 Å². The normalized spacial score (nSPS) is 13.6. The number of nitriles is 1. The summed E-state index contributed by atoms with van der Waals surface area (Å²) >= 11 is -2.76. The van der Waals surface area contributed by atoms with Crippen molar-refractivity contribution in [3.8, 4) is 17.4 Å². The highest BCUT2D eigenvalue weighted by atomic mass is 32.2. The smallest absolute Gasteiger partial charge is 0.287 e. The van der Waals surface area contributed by atoms with Crippen LogP contribution in [0, 0.1) is 27.3 Å². The van der Waals surface area contributed by atoms with E-state index in [1.807, 2.05) is 0 Å². The first-order valence-electron chi connectivity index (χ1n) is 11.8. The molecule has 0 aliphatic heterocycles. The van der Waals surface area contributed by atoms with Gasteiger partial charge in [0.05, 0.1) is 22.7 Å². The molecule has 39 heavy (non-hydrogen) atoms. The molecule has 1 heterocycles. The first kappa shape index (κ1) is 26.0. The molecule has 1 aromatic heterocycles. The number of anilines is 1. The van der Waals surface area contributed by atoms with Gasteiger partial charge in [0, 0.05) is 41.4 Å². The molecule has 0 saturated heterocycles. The first-order valence-corrected chi connectivity index (χ1v) is 12.9. The summed E-state index contributed by atoms with van der Waals surface area (Å²) in [5, 5.41) is 23.6. The predicted molar refractivity (Wildman–Crippen MR) is 140 cm³/mol. The summed E-state index contributed by atoms with van der Waals surface area (Å²) in [6.07, 6.45) is 1.65. The Morgan fingerprint density at radius 2 is 1.95 bits per heavy atom. The summed E-state index contributed by atoms with van der Waals surface area (Å²) in [4.78, 5) is 23.4. The van der Waals surface area contributed by atoms with Crippen LogP contribution in [-0.2, 0) is 17.8 Å². The van der Waals surface area contributed by atoms with E-state index in [0.29, 0.717) is 27.8 Å². The maximum Gasteiger partial charge on any atom is 0.287 e. The zero-order valence-corrected chi connectivity index (χ0v) is 21.3. The molecule has 0 bridgehead atoms. The van der Waals surface area contributed by atoms with Crippen LogP contribution in [0.3, 0.4) is 0 Å². The van der Waals surface area contributed by atoms with Crippen LogP contribution < -0.4 is 9.62 Å². The molecule has 1 fully saturated rings. The predicted octanol–water partition coefficient (Wildman–Crippen LogP) is 5.06. The molecule has 1 aliphatic carbocycles. The zero-order valence-electron chi connectivity index (χ0n) is 20.5. The molecule has 1 N–H and O–H groups in total. The Bertz CT molecular complexity index is 1690. The molecular formula is C27H20FN4O6S-. The summed E-state index contributed by atoms with van der Waals surface area (Å²) in [5.41, 5.74) is 1.82. The fraction of sp³-hybridized carbons (Fsp3) is 0.185. The average Bonchev–Trinajstić information content (AvgIpc) is 3.71. The molecule has 1 aliphatic rings. The molecular weight excluding hydrogens is 527 g/mol. The van der Waals surface area contributed by atoms with Crippen molar-refractivity contribution in [1.29, 1.82) is 5.26 Å². The van der Waals surface area contributed by atoms with Gasteiger partial charge in [-0.05, 0) is 66.3 Å². The molecule has 3 aromatic carbocycles. The van der Waals surface area contributed by atoms with E-state index >= 15 is 0 Å². The van der Waals surface area contributed by atoms with E-state index in [-0.39, 0.29) is 40.6 Å². The Balaban J connectivity index is 1.66. The molecule has 5 rings (SSSR count). The lowest BCUT2D eigenvalue weighted by molar-refractivity contribution is -0.385. The lowest BCUT2D eigenvalue weighted by atomic mass is 10.00. The molecule has 0 spiro atoms. The topological polar surface area (TPSA) is 153 Å². The number of carbonyl (C=O) groups is 1. The molecule has 1 amide bonds. The fourth-order valence-corrected chi connectivity index (χ4v) is 5.13. The number of fused-ring (bicyclic) bond motifs is 1. The molecule has 0 radical (unpaired) electrons. The van der Waals surface area contributed by atoms with Crippen molar-refractivity contribution in [3.63, 3.8) is 0 Å². The number of hydrogen-bond acceptors (Lipinski definition) is 7. The zero-order chi connectivity index (χ0) is 27.8. The van der Waals surface area contributed by atoms with Gasteiger partial charge in [-0.2, -0.15) is 5.26 Å². The quantitative estimate of drug-likeness (QED) is 0.184. The number of nitro benzene ring substituents is 1. The van der Waals surface area contributed by atoms with Crippen LogP contribution >= 0.6 is 0 Å². The van der Waals surface area contributed by atoms with Gasteiger partial charge >= 0.3 is 0 Å². The lowest BCUT2D eigenvalue weighted by Crippen LogP contribution is -2.26. The Morgan fingerprint density at radius 3 is 2.54 bits per heavy atom. The molecule has 10 nitrogen and oxygen atoms in total. The maximum atomic E-state index is 13.6. The summed E-state index contributed by atoms with van der Waals surface area (Å²) in [5.74, 6) is -0.591. The van der Waals surface area contributed by atoms with E-state index in [9.17, 15) is 33.3 Å². The number of furan rings is 1. The van der Waals surface area contributed by atoms with Crippen molar-refractivity contribution < 1.29 is 27.3 Å². The number of nitrogens with zero attached hydrogens (tertiary/aromatic N) is 3. The summed E-state index contributed by atoms with van der Waals surface area (Å²) in [6, 6.07) is 14.4. The molecule has 198 valence electrons. The molecule has 1 atom stereocenters. The van der Waals surface area contributed by atoms with Gasteiger partial charge in [0.1, 0.15) is 28.8 Å². The van der Waals surface area contributed by atoms with Crippen molar-refractivity contribution in [2.45, 2.75) is 25.3 Å². The molecule has 1 saturated carbocycles. The second-order valence-electron chi connectivity index (χ2n) is 9.05. The lowest BCUT2D eigenvalue weighted by Gasteiger charge is -2.29. The van der Waals surface area contributed by atoms with Gasteiger partial charge in [0.2, 0.25) is 0 Å². The number of hydrogen-bond donors (Lipinski definition) is 1. The van der Waals surface area contributed by atoms with Crippen LogP contribution in [0.4, 0.5) is 15.8 Å².